The zero-order valence-corrected chi connectivity index (χ0v) is 13.4. The van der Waals surface area contributed by atoms with Gasteiger partial charge in [0, 0.05) is 18.6 Å². The van der Waals surface area contributed by atoms with Crippen LogP contribution in [0.15, 0.2) is 24.3 Å². The molecule has 1 N–H and O–H groups in total. The summed E-state index contributed by atoms with van der Waals surface area (Å²) in [5.74, 6) is 0.734. The van der Waals surface area contributed by atoms with Crippen LogP contribution >= 0.6 is 0 Å². The van der Waals surface area contributed by atoms with E-state index in [4.69, 9.17) is 0 Å². The first-order valence-electron chi connectivity index (χ1n) is 7.25. The molecule has 3 nitrogen and oxygen atoms in total. The topological polar surface area (TPSA) is 24.5 Å². The third kappa shape index (κ3) is 5.98. The Bertz CT molecular complexity index is 416. The van der Waals surface area contributed by atoms with E-state index in [-0.39, 0.29) is 11.8 Å². The molecule has 2 atom stereocenters. The Balaban J connectivity index is 2.64. The standard InChI is InChI=1S/C16H26F2N2O/c1-11(2)15(20(4)5)10-19-12(3)13-7-6-8-14(9-13)21-16(17)18/h6-9,11-12,15-16,19H,10H2,1-5H3. The molecule has 0 aliphatic heterocycles. The van der Waals surface area contributed by atoms with Crippen LogP contribution in [0.3, 0.4) is 0 Å². The maximum atomic E-state index is 12.2. The minimum Gasteiger partial charge on any atom is -0.435 e. The highest BCUT2D eigenvalue weighted by Gasteiger charge is 2.17. The van der Waals surface area contributed by atoms with Gasteiger partial charge < -0.3 is 15.0 Å². The van der Waals surface area contributed by atoms with Gasteiger partial charge in [0.15, 0.2) is 0 Å². The first-order valence-corrected chi connectivity index (χ1v) is 7.25. The van der Waals surface area contributed by atoms with Gasteiger partial charge in [0.05, 0.1) is 0 Å². The van der Waals surface area contributed by atoms with Gasteiger partial charge in [0.25, 0.3) is 0 Å². The van der Waals surface area contributed by atoms with Crippen LogP contribution in [0.25, 0.3) is 0 Å². The van der Waals surface area contributed by atoms with Crippen molar-refractivity contribution in [1.82, 2.24) is 10.2 Å². The summed E-state index contributed by atoms with van der Waals surface area (Å²) < 4.78 is 28.9. The van der Waals surface area contributed by atoms with Gasteiger partial charge in [-0.15, -0.1) is 0 Å². The summed E-state index contributed by atoms with van der Waals surface area (Å²) in [6.45, 7) is 4.45. The number of ether oxygens (including phenoxy) is 1. The molecule has 1 aromatic rings. The van der Waals surface area contributed by atoms with Crippen LogP contribution in [0.5, 0.6) is 5.75 Å². The van der Waals surface area contributed by atoms with Crippen LogP contribution in [0.1, 0.15) is 32.4 Å². The molecule has 2 unspecified atom stereocenters. The Morgan fingerprint density at radius 2 is 1.86 bits per heavy atom. The largest absolute Gasteiger partial charge is 0.435 e. The number of halogens is 2. The Morgan fingerprint density at radius 3 is 2.38 bits per heavy atom. The minimum absolute atomic E-state index is 0.0763. The van der Waals surface area contributed by atoms with Crippen LogP contribution in [0.2, 0.25) is 0 Å². The van der Waals surface area contributed by atoms with E-state index in [9.17, 15) is 8.78 Å². The first-order chi connectivity index (χ1) is 9.81. The van der Waals surface area contributed by atoms with Crippen molar-refractivity contribution in [2.24, 2.45) is 5.92 Å². The lowest BCUT2D eigenvalue weighted by molar-refractivity contribution is -0.0499. The first kappa shape index (κ1) is 17.9. The van der Waals surface area contributed by atoms with Gasteiger partial charge >= 0.3 is 6.61 Å². The second-order valence-corrected chi connectivity index (χ2v) is 5.86. The van der Waals surface area contributed by atoms with Crippen LogP contribution in [-0.4, -0.2) is 38.2 Å². The second-order valence-electron chi connectivity index (χ2n) is 5.86. The molecular formula is C16H26F2N2O. The van der Waals surface area contributed by atoms with E-state index in [1.54, 1.807) is 18.2 Å². The molecule has 5 heteroatoms. The summed E-state index contributed by atoms with van der Waals surface area (Å²) in [6, 6.07) is 7.34. The number of likely N-dealkylation sites (N-methyl/N-ethyl adjacent to an activating group) is 1. The summed E-state index contributed by atoms with van der Waals surface area (Å²) in [4.78, 5) is 2.20. The molecule has 0 heterocycles. The van der Waals surface area contributed by atoms with Crippen molar-refractivity contribution in [2.45, 2.75) is 39.5 Å². The summed E-state index contributed by atoms with van der Waals surface area (Å²) in [6.07, 6.45) is 0. The van der Waals surface area contributed by atoms with Crippen LogP contribution in [-0.2, 0) is 0 Å². The lowest BCUT2D eigenvalue weighted by Crippen LogP contribution is -2.42. The molecule has 0 saturated heterocycles. The van der Waals surface area contributed by atoms with Crippen LogP contribution < -0.4 is 10.1 Å². The van der Waals surface area contributed by atoms with Gasteiger partial charge in [0.2, 0.25) is 0 Å². The Labute approximate surface area is 126 Å². The lowest BCUT2D eigenvalue weighted by Gasteiger charge is -2.29. The van der Waals surface area contributed by atoms with Gasteiger partial charge in [-0.2, -0.15) is 8.78 Å². The number of rotatable bonds is 8. The average Bonchev–Trinajstić information content (AvgIpc) is 2.37. The molecule has 0 fully saturated rings. The fraction of sp³-hybridized carbons (Fsp3) is 0.625. The lowest BCUT2D eigenvalue weighted by atomic mass is 10.0. The number of alkyl halides is 2. The molecule has 0 saturated carbocycles. The quantitative estimate of drug-likeness (QED) is 0.795. The van der Waals surface area contributed by atoms with Gasteiger partial charge in [0.1, 0.15) is 5.75 Å². The fourth-order valence-corrected chi connectivity index (χ4v) is 2.39. The molecule has 21 heavy (non-hydrogen) atoms. The predicted octanol–water partition coefficient (Wildman–Crippen LogP) is 3.52. The molecule has 1 aromatic carbocycles. The summed E-state index contributed by atoms with van der Waals surface area (Å²) in [5, 5.41) is 3.46. The van der Waals surface area contributed by atoms with E-state index in [0.29, 0.717) is 12.0 Å². The van der Waals surface area contributed by atoms with Gasteiger partial charge in [-0.25, -0.2) is 0 Å². The molecule has 0 bridgehead atoms. The molecule has 120 valence electrons. The van der Waals surface area contributed by atoms with Gasteiger partial charge in [-0.05, 0) is 44.6 Å². The number of hydrogen-bond acceptors (Lipinski definition) is 3. The Hall–Kier alpha value is -1.20. The maximum Gasteiger partial charge on any atom is 0.387 e. The number of nitrogens with one attached hydrogen (secondary N) is 1. The number of benzene rings is 1. The van der Waals surface area contributed by atoms with Crippen molar-refractivity contribution in [3.63, 3.8) is 0 Å². The molecular weight excluding hydrogens is 274 g/mol. The molecule has 0 aliphatic rings. The molecule has 0 radical (unpaired) electrons. The van der Waals surface area contributed by atoms with Crippen molar-refractivity contribution < 1.29 is 13.5 Å². The maximum absolute atomic E-state index is 12.2. The van der Waals surface area contributed by atoms with E-state index in [2.05, 4.69) is 42.9 Å². The van der Waals surface area contributed by atoms with E-state index < -0.39 is 6.61 Å². The normalized spacial score (nSPS) is 14.8. The molecule has 0 aromatic heterocycles. The summed E-state index contributed by atoms with van der Waals surface area (Å²) in [5.41, 5.74) is 0.939. The van der Waals surface area contributed by atoms with E-state index >= 15 is 0 Å². The van der Waals surface area contributed by atoms with Crippen LogP contribution in [0.4, 0.5) is 8.78 Å². The Morgan fingerprint density at radius 1 is 1.19 bits per heavy atom. The number of hydrogen-bond donors (Lipinski definition) is 1. The zero-order chi connectivity index (χ0) is 16.0. The van der Waals surface area contributed by atoms with E-state index in [1.807, 2.05) is 13.0 Å². The predicted molar refractivity (Wildman–Crippen MR) is 81.8 cm³/mol. The third-order valence-corrected chi connectivity index (χ3v) is 3.65. The number of nitrogens with zero attached hydrogens (tertiary/aromatic N) is 1. The molecule has 0 spiro atoms. The zero-order valence-electron chi connectivity index (χ0n) is 13.4. The monoisotopic (exact) mass is 300 g/mol. The van der Waals surface area contributed by atoms with Crippen molar-refractivity contribution >= 4 is 0 Å². The Kier molecular flexibility index (Phi) is 7.05. The van der Waals surface area contributed by atoms with E-state index in [1.165, 1.54) is 0 Å². The van der Waals surface area contributed by atoms with Crippen molar-refractivity contribution in [3.8, 4) is 5.75 Å². The van der Waals surface area contributed by atoms with Crippen LogP contribution in [0, 0.1) is 5.92 Å². The van der Waals surface area contributed by atoms with Gasteiger partial charge in [-0.3, -0.25) is 0 Å². The summed E-state index contributed by atoms with van der Waals surface area (Å²) >= 11 is 0. The van der Waals surface area contributed by atoms with Crippen molar-refractivity contribution in [3.05, 3.63) is 29.8 Å². The van der Waals surface area contributed by atoms with Crippen molar-refractivity contribution in [1.29, 1.82) is 0 Å². The average molecular weight is 300 g/mol. The second kappa shape index (κ2) is 8.29. The van der Waals surface area contributed by atoms with Gasteiger partial charge in [-0.1, -0.05) is 26.0 Å². The highest BCUT2D eigenvalue weighted by Crippen LogP contribution is 2.21. The minimum atomic E-state index is -2.79. The van der Waals surface area contributed by atoms with Crippen molar-refractivity contribution in [2.75, 3.05) is 20.6 Å². The highest BCUT2D eigenvalue weighted by atomic mass is 19.3. The third-order valence-electron chi connectivity index (χ3n) is 3.65. The SMILES string of the molecule is CC(NCC(C(C)C)N(C)C)c1cccc(OC(F)F)c1. The fourth-order valence-electron chi connectivity index (χ4n) is 2.39. The van der Waals surface area contributed by atoms with E-state index in [0.717, 1.165) is 12.1 Å². The highest BCUT2D eigenvalue weighted by molar-refractivity contribution is 5.30. The summed E-state index contributed by atoms with van der Waals surface area (Å²) in [7, 11) is 4.13. The smallest absolute Gasteiger partial charge is 0.387 e. The molecule has 0 aliphatic carbocycles. The molecule has 0 amide bonds. The molecule has 1 rings (SSSR count).